The van der Waals surface area contributed by atoms with Gasteiger partial charge in [0.05, 0.1) is 0 Å². The number of ketones is 1. The van der Waals surface area contributed by atoms with E-state index in [1.807, 2.05) is 62.4 Å². The first-order chi connectivity index (χ1) is 12.5. The first kappa shape index (κ1) is 19.6. The Bertz CT molecular complexity index is 761. The number of carbonyl (C=O) groups excluding carboxylic acids is 2. The van der Waals surface area contributed by atoms with Crippen molar-refractivity contribution in [2.45, 2.75) is 39.2 Å². The first-order valence-electron chi connectivity index (χ1n) is 9.01. The molecule has 0 bridgehead atoms. The van der Waals surface area contributed by atoms with Gasteiger partial charge in [0.2, 0.25) is 11.4 Å². The first-order valence-corrected chi connectivity index (χ1v) is 9.01. The van der Waals surface area contributed by atoms with Gasteiger partial charge in [-0.1, -0.05) is 81.1 Å². The Kier molecular flexibility index (Phi) is 6.51. The zero-order valence-corrected chi connectivity index (χ0v) is 15.7. The monoisotopic (exact) mass is 350 g/mol. The third-order valence-corrected chi connectivity index (χ3v) is 4.74. The minimum Gasteiger partial charge on any atom is -0.442 e. The van der Waals surface area contributed by atoms with E-state index in [1.165, 1.54) is 0 Å². The molecule has 26 heavy (non-hydrogen) atoms. The lowest BCUT2D eigenvalue weighted by Crippen LogP contribution is -2.47. The highest BCUT2D eigenvalue weighted by molar-refractivity contribution is 6.05. The Morgan fingerprint density at radius 1 is 0.962 bits per heavy atom. The molecule has 1 atom stereocenters. The fourth-order valence-electron chi connectivity index (χ4n) is 3.33. The van der Waals surface area contributed by atoms with E-state index in [-0.39, 0.29) is 17.3 Å². The quantitative estimate of drug-likeness (QED) is 0.368. The second kappa shape index (κ2) is 8.61. The standard InChI is InChI=1S/C23H26O3/c1-5-19(6-2)23(26-22(25)17(3)4,20-15-11-8-12-16-20)21(24)18-13-9-7-10-14-18/h7-16,19H,3,5-6H2,1-2,4H3. The largest absolute Gasteiger partial charge is 0.442 e. The molecule has 0 aliphatic heterocycles. The predicted octanol–water partition coefficient (Wildman–Crippen LogP) is 5.32. The minimum absolute atomic E-state index is 0.152. The molecule has 3 heteroatoms. The fourth-order valence-corrected chi connectivity index (χ4v) is 3.33. The summed E-state index contributed by atoms with van der Waals surface area (Å²) in [5, 5.41) is 0. The maximum Gasteiger partial charge on any atom is 0.334 e. The van der Waals surface area contributed by atoms with Crippen molar-refractivity contribution < 1.29 is 14.3 Å². The number of ether oxygens (including phenoxy) is 1. The zero-order chi connectivity index (χ0) is 19.2. The SMILES string of the molecule is C=C(C)C(=O)OC(C(=O)c1ccccc1)(c1ccccc1)C(CC)CC. The fraction of sp³-hybridized carbons (Fsp3) is 0.304. The van der Waals surface area contributed by atoms with Crippen LogP contribution in [0.3, 0.4) is 0 Å². The molecule has 0 fully saturated rings. The van der Waals surface area contributed by atoms with Crippen molar-refractivity contribution >= 4 is 11.8 Å². The van der Waals surface area contributed by atoms with Crippen LogP contribution in [-0.2, 0) is 15.1 Å². The van der Waals surface area contributed by atoms with Crippen LogP contribution in [0.4, 0.5) is 0 Å². The molecule has 2 aromatic rings. The van der Waals surface area contributed by atoms with Crippen molar-refractivity contribution in [3.63, 3.8) is 0 Å². The van der Waals surface area contributed by atoms with Gasteiger partial charge in [-0.15, -0.1) is 0 Å². The van der Waals surface area contributed by atoms with Crippen molar-refractivity contribution in [1.82, 2.24) is 0 Å². The molecule has 0 saturated heterocycles. The summed E-state index contributed by atoms with van der Waals surface area (Å²) < 4.78 is 5.96. The van der Waals surface area contributed by atoms with E-state index in [2.05, 4.69) is 6.58 Å². The van der Waals surface area contributed by atoms with E-state index in [4.69, 9.17) is 4.74 Å². The predicted molar refractivity (Wildman–Crippen MR) is 104 cm³/mol. The van der Waals surface area contributed by atoms with Crippen LogP contribution >= 0.6 is 0 Å². The van der Waals surface area contributed by atoms with Gasteiger partial charge in [-0.3, -0.25) is 4.79 Å². The highest BCUT2D eigenvalue weighted by Gasteiger charge is 2.49. The molecule has 1 unspecified atom stereocenters. The Morgan fingerprint density at radius 3 is 1.92 bits per heavy atom. The molecule has 0 aliphatic carbocycles. The third-order valence-electron chi connectivity index (χ3n) is 4.74. The molecule has 0 aromatic heterocycles. The molecule has 136 valence electrons. The van der Waals surface area contributed by atoms with Crippen LogP contribution in [-0.4, -0.2) is 11.8 Å². The van der Waals surface area contributed by atoms with Crippen molar-refractivity contribution in [2.24, 2.45) is 5.92 Å². The Balaban J connectivity index is 2.72. The third kappa shape index (κ3) is 3.77. The smallest absolute Gasteiger partial charge is 0.334 e. The van der Waals surface area contributed by atoms with E-state index in [0.717, 1.165) is 0 Å². The normalized spacial score (nSPS) is 13.1. The molecular weight excluding hydrogens is 324 g/mol. The molecule has 0 amide bonds. The summed E-state index contributed by atoms with van der Waals surface area (Å²) in [4.78, 5) is 26.2. The molecule has 2 rings (SSSR count). The minimum atomic E-state index is -1.37. The lowest BCUT2D eigenvalue weighted by Gasteiger charge is -2.39. The number of benzene rings is 2. The van der Waals surface area contributed by atoms with Gasteiger partial charge < -0.3 is 4.74 Å². The summed E-state index contributed by atoms with van der Waals surface area (Å²) in [6, 6.07) is 18.3. The van der Waals surface area contributed by atoms with Gasteiger partial charge in [-0.2, -0.15) is 0 Å². The summed E-state index contributed by atoms with van der Waals surface area (Å²) in [5.74, 6) is -0.904. The van der Waals surface area contributed by atoms with E-state index in [1.54, 1.807) is 19.1 Å². The molecular formula is C23H26O3. The second-order valence-electron chi connectivity index (χ2n) is 6.48. The second-order valence-corrected chi connectivity index (χ2v) is 6.48. The van der Waals surface area contributed by atoms with E-state index < -0.39 is 11.6 Å². The van der Waals surface area contributed by atoms with Crippen molar-refractivity contribution in [1.29, 1.82) is 0 Å². The topological polar surface area (TPSA) is 43.4 Å². The van der Waals surface area contributed by atoms with Gasteiger partial charge in [0, 0.05) is 22.6 Å². The number of hydrogen-bond acceptors (Lipinski definition) is 3. The molecule has 0 spiro atoms. The number of Topliss-reactive ketones (excluding diaryl/α,β-unsaturated/α-hetero) is 1. The number of rotatable bonds is 8. The van der Waals surface area contributed by atoms with Crippen LogP contribution in [0.25, 0.3) is 0 Å². The lowest BCUT2D eigenvalue weighted by atomic mass is 9.73. The number of esters is 1. The highest BCUT2D eigenvalue weighted by Crippen LogP contribution is 2.41. The Morgan fingerprint density at radius 2 is 1.46 bits per heavy atom. The van der Waals surface area contributed by atoms with Gasteiger partial charge in [0.25, 0.3) is 0 Å². The number of hydrogen-bond donors (Lipinski definition) is 0. The van der Waals surface area contributed by atoms with Crippen LogP contribution < -0.4 is 0 Å². The van der Waals surface area contributed by atoms with E-state index >= 15 is 0 Å². The highest BCUT2D eigenvalue weighted by atomic mass is 16.6. The molecule has 2 aromatic carbocycles. The average Bonchev–Trinajstić information content (AvgIpc) is 2.68. The maximum atomic E-state index is 13.7. The zero-order valence-electron chi connectivity index (χ0n) is 15.7. The van der Waals surface area contributed by atoms with Crippen LogP contribution in [0.1, 0.15) is 49.5 Å². The number of carbonyl (C=O) groups is 2. The van der Waals surface area contributed by atoms with Crippen LogP contribution in [0.2, 0.25) is 0 Å². The summed E-state index contributed by atoms with van der Waals surface area (Å²) in [7, 11) is 0. The van der Waals surface area contributed by atoms with Crippen molar-refractivity contribution in [3.05, 3.63) is 83.9 Å². The maximum absolute atomic E-state index is 13.7. The summed E-state index contributed by atoms with van der Waals surface area (Å²) >= 11 is 0. The van der Waals surface area contributed by atoms with E-state index in [9.17, 15) is 9.59 Å². The van der Waals surface area contributed by atoms with Gasteiger partial charge in [0.15, 0.2) is 0 Å². The van der Waals surface area contributed by atoms with Crippen LogP contribution in [0, 0.1) is 5.92 Å². The summed E-state index contributed by atoms with van der Waals surface area (Å²) in [6.07, 6.45) is 1.40. The summed E-state index contributed by atoms with van der Waals surface area (Å²) in [6.45, 7) is 9.31. The average molecular weight is 350 g/mol. The molecule has 0 saturated carbocycles. The molecule has 0 N–H and O–H groups in total. The van der Waals surface area contributed by atoms with Crippen LogP contribution in [0.15, 0.2) is 72.8 Å². The van der Waals surface area contributed by atoms with Gasteiger partial charge >= 0.3 is 5.97 Å². The van der Waals surface area contributed by atoms with Crippen molar-refractivity contribution in [3.8, 4) is 0 Å². The van der Waals surface area contributed by atoms with Crippen molar-refractivity contribution in [2.75, 3.05) is 0 Å². The molecule has 0 radical (unpaired) electrons. The van der Waals surface area contributed by atoms with Gasteiger partial charge in [-0.05, 0) is 19.8 Å². The lowest BCUT2D eigenvalue weighted by molar-refractivity contribution is -0.157. The summed E-state index contributed by atoms with van der Waals surface area (Å²) in [5.41, 5.74) is 0.120. The Labute approximate surface area is 155 Å². The Hall–Kier alpha value is -2.68. The molecule has 0 aliphatic rings. The molecule has 0 heterocycles. The van der Waals surface area contributed by atoms with Gasteiger partial charge in [-0.25, -0.2) is 4.79 Å². The molecule has 3 nitrogen and oxygen atoms in total. The van der Waals surface area contributed by atoms with Crippen LogP contribution in [0.5, 0.6) is 0 Å². The van der Waals surface area contributed by atoms with Gasteiger partial charge in [0.1, 0.15) is 0 Å². The van der Waals surface area contributed by atoms with E-state index in [0.29, 0.717) is 24.0 Å².